The number of carbonyl (C=O) groups is 2. The van der Waals surface area contributed by atoms with Crippen LogP contribution in [0.1, 0.15) is 38.1 Å². The molecule has 3 aromatic rings. The number of anilines is 1. The number of pyridine rings is 1. The Bertz CT molecular complexity index is 1070. The second-order valence-electron chi connectivity index (χ2n) is 5.75. The van der Waals surface area contributed by atoms with Gasteiger partial charge in [0.25, 0.3) is 5.91 Å². The van der Waals surface area contributed by atoms with Gasteiger partial charge < -0.3 is 15.0 Å². The Morgan fingerprint density at radius 1 is 1.23 bits per heavy atom. The van der Waals surface area contributed by atoms with Gasteiger partial charge in [-0.25, -0.2) is 4.79 Å². The third-order valence-corrected chi connectivity index (χ3v) is 5.21. The molecule has 2 N–H and O–H groups in total. The Kier molecular flexibility index (Phi) is 4.90. The number of para-hydroxylation sites is 1. The normalized spacial score (nSPS) is 10.7. The molecule has 0 aliphatic rings. The molecule has 0 saturated carbocycles. The summed E-state index contributed by atoms with van der Waals surface area (Å²) < 4.78 is 5.10. The average Bonchev–Trinajstić information content (AvgIpc) is 2.88. The zero-order valence-electron chi connectivity index (χ0n) is 14.6. The molecule has 2 heterocycles. The second-order valence-corrected chi connectivity index (χ2v) is 6.98. The van der Waals surface area contributed by atoms with Gasteiger partial charge in [0.15, 0.2) is 0 Å². The van der Waals surface area contributed by atoms with E-state index in [1.807, 2.05) is 13.8 Å². The van der Waals surface area contributed by atoms with Gasteiger partial charge in [-0.05, 0) is 32.4 Å². The van der Waals surface area contributed by atoms with Crippen LogP contribution in [0.3, 0.4) is 0 Å². The molecule has 0 unspecified atom stereocenters. The number of esters is 1. The van der Waals surface area contributed by atoms with E-state index in [1.54, 1.807) is 31.2 Å². The van der Waals surface area contributed by atoms with Gasteiger partial charge >= 0.3 is 5.97 Å². The predicted octanol–water partition coefficient (Wildman–Crippen LogP) is 3.64. The summed E-state index contributed by atoms with van der Waals surface area (Å²) in [5, 5.41) is 3.83. The molecule has 0 saturated heterocycles. The quantitative estimate of drug-likeness (QED) is 0.687. The second kappa shape index (κ2) is 7.13. The highest BCUT2D eigenvalue weighted by Gasteiger charge is 2.23. The number of ether oxygens (including phenoxy) is 1. The zero-order valence-corrected chi connectivity index (χ0v) is 15.5. The van der Waals surface area contributed by atoms with Crippen molar-refractivity contribution in [3.8, 4) is 0 Å². The lowest BCUT2D eigenvalue weighted by molar-refractivity contribution is 0.0527. The molecule has 0 atom stereocenters. The lowest BCUT2D eigenvalue weighted by Crippen LogP contribution is -2.18. The van der Waals surface area contributed by atoms with Gasteiger partial charge in [0, 0.05) is 21.8 Å². The maximum atomic E-state index is 12.8. The summed E-state index contributed by atoms with van der Waals surface area (Å²) in [5.41, 5.74) is 1.60. The molecule has 1 amide bonds. The van der Waals surface area contributed by atoms with Crippen LogP contribution in [0, 0.1) is 13.8 Å². The smallest absolute Gasteiger partial charge is 0.341 e. The predicted molar refractivity (Wildman–Crippen MR) is 102 cm³/mol. The van der Waals surface area contributed by atoms with Gasteiger partial charge in [-0.3, -0.25) is 9.59 Å². The Morgan fingerprint density at radius 3 is 2.69 bits per heavy atom. The maximum Gasteiger partial charge on any atom is 0.341 e. The summed E-state index contributed by atoms with van der Waals surface area (Å²) in [4.78, 5) is 40.6. The molecule has 7 heteroatoms. The Labute approximate surface area is 153 Å². The Hall–Kier alpha value is -2.93. The fraction of sp³-hybridized carbons (Fsp3) is 0.211. The van der Waals surface area contributed by atoms with Crippen molar-refractivity contribution >= 4 is 39.1 Å². The molecule has 0 aliphatic heterocycles. The van der Waals surface area contributed by atoms with Crippen LogP contribution in [0.15, 0.2) is 35.1 Å². The average molecular weight is 370 g/mol. The van der Waals surface area contributed by atoms with Crippen LogP contribution in [0.4, 0.5) is 5.00 Å². The van der Waals surface area contributed by atoms with Crippen LogP contribution in [0.5, 0.6) is 0 Å². The minimum Gasteiger partial charge on any atom is -0.462 e. The largest absolute Gasteiger partial charge is 0.462 e. The number of hydrogen-bond donors (Lipinski definition) is 2. The molecule has 0 spiro atoms. The summed E-state index contributed by atoms with van der Waals surface area (Å²) in [6, 6.07) is 8.33. The molecule has 0 radical (unpaired) electrons. The summed E-state index contributed by atoms with van der Waals surface area (Å²) in [7, 11) is 0. The number of carbonyl (C=O) groups excluding carboxylic acids is 2. The van der Waals surface area contributed by atoms with Crippen molar-refractivity contribution in [1.82, 2.24) is 4.98 Å². The number of fused-ring (bicyclic) bond motifs is 1. The number of thiophene rings is 1. The standard InChI is InChI=1S/C19H18N2O4S/c1-4-25-19(24)16-10(2)11(3)26-18(16)21-17(23)13-9-15(22)20-14-8-6-5-7-12(13)14/h5-9H,4H2,1-3H3,(H,20,22)(H,21,23). The topological polar surface area (TPSA) is 88.3 Å². The highest BCUT2D eigenvalue weighted by Crippen LogP contribution is 2.33. The molecule has 0 aliphatic carbocycles. The number of nitrogens with one attached hydrogen (secondary N) is 2. The highest BCUT2D eigenvalue weighted by molar-refractivity contribution is 7.16. The molecule has 2 aromatic heterocycles. The van der Waals surface area contributed by atoms with Gasteiger partial charge in [0.05, 0.1) is 17.7 Å². The lowest BCUT2D eigenvalue weighted by Gasteiger charge is -2.09. The third-order valence-electron chi connectivity index (χ3n) is 4.09. The first-order chi connectivity index (χ1) is 12.4. The SMILES string of the molecule is CCOC(=O)c1c(NC(=O)c2cc(=O)[nH]c3ccccc23)sc(C)c1C. The third kappa shape index (κ3) is 3.25. The molecule has 6 nitrogen and oxygen atoms in total. The Morgan fingerprint density at radius 2 is 1.96 bits per heavy atom. The van der Waals surface area contributed by atoms with Gasteiger partial charge in [0.2, 0.25) is 5.56 Å². The van der Waals surface area contributed by atoms with Gasteiger partial charge in [0.1, 0.15) is 5.00 Å². The van der Waals surface area contributed by atoms with Crippen molar-refractivity contribution in [3.63, 3.8) is 0 Å². The number of hydrogen-bond acceptors (Lipinski definition) is 5. The van der Waals surface area contributed by atoms with E-state index in [-0.39, 0.29) is 17.7 Å². The molecule has 134 valence electrons. The van der Waals surface area contributed by atoms with Crippen LogP contribution in [-0.4, -0.2) is 23.5 Å². The van der Waals surface area contributed by atoms with Crippen LogP contribution in [0.25, 0.3) is 10.9 Å². The van der Waals surface area contributed by atoms with E-state index >= 15 is 0 Å². The number of amides is 1. The summed E-state index contributed by atoms with van der Waals surface area (Å²) in [6.07, 6.45) is 0. The first-order valence-corrected chi connectivity index (χ1v) is 8.94. The molecule has 26 heavy (non-hydrogen) atoms. The van der Waals surface area contributed by atoms with E-state index in [0.29, 0.717) is 21.5 Å². The van der Waals surface area contributed by atoms with Crippen LogP contribution < -0.4 is 10.9 Å². The van der Waals surface area contributed by atoms with Crippen molar-refractivity contribution in [2.24, 2.45) is 0 Å². The van der Waals surface area contributed by atoms with Crippen LogP contribution >= 0.6 is 11.3 Å². The van der Waals surface area contributed by atoms with Crippen LogP contribution in [-0.2, 0) is 4.74 Å². The molecule has 0 fully saturated rings. The van der Waals surface area contributed by atoms with E-state index < -0.39 is 11.9 Å². The number of aromatic nitrogens is 1. The number of aromatic amines is 1. The lowest BCUT2D eigenvalue weighted by atomic mass is 10.1. The first-order valence-electron chi connectivity index (χ1n) is 8.13. The van der Waals surface area contributed by atoms with E-state index in [2.05, 4.69) is 10.3 Å². The minimum absolute atomic E-state index is 0.249. The number of aryl methyl sites for hydroxylation is 1. The fourth-order valence-electron chi connectivity index (χ4n) is 2.73. The van der Waals surface area contributed by atoms with E-state index in [4.69, 9.17) is 4.74 Å². The van der Waals surface area contributed by atoms with Gasteiger partial charge in [-0.1, -0.05) is 18.2 Å². The Balaban J connectivity index is 2.03. The summed E-state index contributed by atoms with van der Waals surface area (Å²) >= 11 is 1.31. The highest BCUT2D eigenvalue weighted by atomic mass is 32.1. The van der Waals surface area contributed by atoms with Crippen LogP contribution in [0.2, 0.25) is 0 Å². The van der Waals surface area contributed by atoms with Crippen molar-refractivity contribution in [3.05, 3.63) is 62.3 Å². The molecule has 3 rings (SSSR count). The summed E-state index contributed by atoms with van der Waals surface area (Å²) in [6.45, 7) is 5.67. The van der Waals surface area contributed by atoms with Crippen molar-refractivity contribution in [2.75, 3.05) is 11.9 Å². The fourth-order valence-corrected chi connectivity index (χ4v) is 3.77. The maximum absolute atomic E-state index is 12.8. The van der Waals surface area contributed by atoms with Gasteiger partial charge in [-0.2, -0.15) is 0 Å². The first kappa shape index (κ1) is 17.9. The number of H-pyrrole nitrogens is 1. The minimum atomic E-state index is -0.472. The van der Waals surface area contributed by atoms with Crippen molar-refractivity contribution in [1.29, 1.82) is 0 Å². The monoisotopic (exact) mass is 370 g/mol. The molecular weight excluding hydrogens is 352 g/mol. The molecular formula is C19H18N2O4S. The van der Waals surface area contributed by atoms with E-state index in [1.165, 1.54) is 17.4 Å². The van der Waals surface area contributed by atoms with E-state index in [0.717, 1.165) is 10.4 Å². The summed E-state index contributed by atoms with van der Waals surface area (Å²) in [5.74, 6) is -0.917. The van der Waals surface area contributed by atoms with Crippen molar-refractivity contribution < 1.29 is 14.3 Å². The molecule has 1 aromatic carbocycles. The zero-order chi connectivity index (χ0) is 18.8. The molecule has 0 bridgehead atoms. The van der Waals surface area contributed by atoms with Gasteiger partial charge in [-0.15, -0.1) is 11.3 Å². The number of rotatable bonds is 4. The van der Waals surface area contributed by atoms with Crippen molar-refractivity contribution in [2.45, 2.75) is 20.8 Å². The van der Waals surface area contributed by atoms with E-state index in [9.17, 15) is 14.4 Å². The number of benzene rings is 1.